The van der Waals surface area contributed by atoms with Crippen LogP contribution in [0.2, 0.25) is 0 Å². The van der Waals surface area contributed by atoms with Crippen LogP contribution >= 0.6 is 34.0 Å². The molecule has 6 heteroatoms. The molecule has 1 heterocycles. The van der Waals surface area contributed by atoms with E-state index >= 15 is 0 Å². The van der Waals surface area contributed by atoms with Gasteiger partial charge in [0.2, 0.25) is 0 Å². The first-order valence-corrected chi connectivity index (χ1v) is 6.31. The van der Waals surface area contributed by atoms with E-state index in [0.29, 0.717) is 10.1 Å². The van der Waals surface area contributed by atoms with E-state index < -0.39 is 9.05 Å². The lowest BCUT2D eigenvalue weighted by Gasteiger charge is -2.05. The fourth-order valence-electron chi connectivity index (χ4n) is 0.546. The number of thioether (sulfide) groups is 1. The molecule has 2 nitrogen and oxygen atoms in total. The van der Waals surface area contributed by atoms with Crippen molar-refractivity contribution in [2.24, 2.45) is 0 Å². The second-order valence-corrected chi connectivity index (χ2v) is 6.10. The third-order valence-corrected chi connectivity index (χ3v) is 4.07. The first-order valence-electron chi connectivity index (χ1n) is 2.64. The maximum Gasteiger partial charge on any atom is 0.258 e. The molecular weight excluding hydrogens is 227 g/mol. The molecule has 0 saturated heterocycles. The van der Waals surface area contributed by atoms with Crippen LogP contribution in [0.15, 0.2) is 21.4 Å². The molecule has 0 saturated carbocycles. The Kier molecular flexibility index (Phi) is 2.91. The van der Waals surface area contributed by atoms with Crippen LogP contribution in [0.25, 0.3) is 0 Å². The van der Waals surface area contributed by atoms with Gasteiger partial charge in [0.25, 0.3) is 9.05 Å². The number of hydrogen-bond acceptors (Lipinski definition) is 3. The van der Waals surface area contributed by atoms with Crippen LogP contribution < -0.4 is 0 Å². The molecule has 0 aromatic carbocycles. The Balaban J connectivity index is 2.95. The van der Waals surface area contributed by atoms with Crippen molar-refractivity contribution in [3.8, 4) is 0 Å². The van der Waals surface area contributed by atoms with Crippen molar-refractivity contribution >= 4 is 43.1 Å². The zero-order chi connectivity index (χ0) is 8.48. The highest BCUT2D eigenvalue weighted by Crippen LogP contribution is 2.30. The van der Waals surface area contributed by atoms with Gasteiger partial charge < -0.3 is 0 Å². The van der Waals surface area contributed by atoms with Gasteiger partial charge in [0.05, 0.1) is 9.27 Å². The van der Waals surface area contributed by atoms with Crippen molar-refractivity contribution in [1.29, 1.82) is 0 Å². The van der Waals surface area contributed by atoms with Gasteiger partial charge in [-0.25, -0.2) is 8.42 Å². The molecule has 0 bridgehead atoms. The van der Waals surface area contributed by atoms with Gasteiger partial charge in [-0.2, -0.15) is 0 Å². The third-order valence-electron chi connectivity index (χ3n) is 1.07. The van der Waals surface area contributed by atoms with E-state index in [4.69, 9.17) is 22.3 Å². The Morgan fingerprint density at radius 1 is 1.45 bits per heavy atom. The average Bonchev–Trinajstić information content (AvgIpc) is 1.86. The van der Waals surface area contributed by atoms with Crippen LogP contribution in [-0.4, -0.2) is 14.2 Å². The lowest BCUT2D eigenvalue weighted by Crippen LogP contribution is -1.99. The first kappa shape index (κ1) is 9.45. The zero-order valence-electron chi connectivity index (χ0n) is 5.25. The van der Waals surface area contributed by atoms with E-state index in [0.717, 1.165) is 0 Å². The van der Waals surface area contributed by atoms with E-state index in [-0.39, 0.29) is 4.91 Å². The average molecular weight is 231 g/mol. The molecule has 0 radical (unpaired) electrons. The minimum absolute atomic E-state index is 0.202. The third kappa shape index (κ3) is 2.71. The molecular formula is C5H4Cl2O2S2. The minimum atomic E-state index is -3.54. The molecule has 0 N–H and O–H groups in total. The predicted molar refractivity (Wildman–Crippen MR) is 49.2 cm³/mol. The summed E-state index contributed by atoms with van der Waals surface area (Å²) in [7, 11) is 1.54. The van der Waals surface area contributed by atoms with Gasteiger partial charge in [-0.05, 0) is 12.2 Å². The summed E-state index contributed by atoms with van der Waals surface area (Å²) in [6.45, 7) is 0. The predicted octanol–water partition coefficient (Wildman–Crippen LogP) is 2.27. The molecule has 0 aliphatic carbocycles. The van der Waals surface area contributed by atoms with Crippen LogP contribution in [0.3, 0.4) is 0 Å². The van der Waals surface area contributed by atoms with Gasteiger partial charge >= 0.3 is 0 Å². The standard InChI is InChI=1S/C5H4Cl2O2S2/c6-5-2-1-4(3-10-5)11(7,8)9/h1-2H,3H2. The van der Waals surface area contributed by atoms with Crippen molar-refractivity contribution in [1.82, 2.24) is 0 Å². The molecule has 0 fully saturated rings. The summed E-state index contributed by atoms with van der Waals surface area (Å²) in [5.74, 6) is 0.321. The van der Waals surface area contributed by atoms with Crippen LogP contribution in [0.1, 0.15) is 0 Å². The summed E-state index contributed by atoms with van der Waals surface area (Å²) in [6.07, 6.45) is 2.94. The van der Waals surface area contributed by atoms with E-state index in [9.17, 15) is 8.42 Å². The van der Waals surface area contributed by atoms with Gasteiger partial charge in [0.1, 0.15) is 0 Å². The summed E-state index contributed by atoms with van der Waals surface area (Å²) in [5.41, 5.74) is 0. The van der Waals surface area contributed by atoms with Crippen molar-refractivity contribution in [3.05, 3.63) is 21.4 Å². The Morgan fingerprint density at radius 2 is 2.09 bits per heavy atom. The van der Waals surface area contributed by atoms with E-state index in [1.165, 1.54) is 23.9 Å². The molecule has 1 aliphatic heterocycles. The molecule has 0 amide bonds. The fraction of sp³-hybridized carbons (Fsp3) is 0.200. The maximum absolute atomic E-state index is 10.7. The number of rotatable bonds is 1. The monoisotopic (exact) mass is 230 g/mol. The highest BCUT2D eigenvalue weighted by molar-refractivity contribution is 8.18. The van der Waals surface area contributed by atoms with Crippen LogP contribution in [0.4, 0.5) is 0 Å². The van der Waals surface area contributed by atoms with Crippen molar-refractivity contribution in [2.75, 3.05) is 5.75 Å². The second kappa shape index (κ2) is 3.39. The first-order chi connectivity index (χ1) is 5.00. The number of halogens is 2. The summed E-state index contributed by atoms with van der Waals surface area (Å²) in [5, 5.41) is 0. The van der Waals surface area contributed by atoms with Crippen LogP contribution in [0, 0.1) is 0 Å². The van der Waals surface area contributed by atoms with E-state index in [2.05, 4.69) is 0 Å². The highest BCUT2D eigenvalue weighted by atomic mass is 35.7. The number of hydrogen-bond donors (Lipinski definition) is 0. The van der Waals surface area contributed by atoms with Crippen molar-refractivity contribution < 1.29 is 8.42 Å². The topological polar surface area (TPSA) is 34.1 Å². The smallest absolute Gasteiger partial charge is 0.207 e. The van der Waals surface area contributed by atoms with Crippen LogP contribution in [0.5, 0.6) is 0 Å². The minimum Gasteiger partial charge on any atom is -0.207 e. The van der Waals surface area contributed by atoms with Crippen molar-refractivity contribution in [3.63, 3.8) is 0 Å². The van der Waals surface area contributed by atoms with Gasteiger partial charge in [-0.15, -0.1) is 11.8 Å². The van der Waals surface area contributed by atoms with E-state index in [1.807, 2.05) is 0 Å². The lowest BCUT2D eigenvalue weighted by molar-refractivity contribution is 0.615. The van der Waals surface area contributed by atoms with Gasteiger partial charge in [0.15, 0.2) is 0 Å². The van der Waals surface area contributed by atoms with Crippen LogP contribution in [-0.2, 0) is 9.05 Å². The van der Waals surface area contributed by atoms with Gasteiger partial charge in [-0.3, -0.25) is 0 Å². The Bertz CT molecular complexity index is 315. The molecule has 1 rings (SSSR count). The molecule has 1 aliphatic rings. The maximum atomic E-state index is 10.7. The van der Waals surface area contributed by atoms with E-state index in [1.54, 1.807) is 0 Å². The fourth-order valence-corrected chi connectivity index (χ4v) is 2.84. The normalized spacial score (nSPS) is 19.1. The molecule has 0 aromatic heterocycles. The molecule has 0 unspecified atom stereocenters. The summed E-state index contributed by atoms with van der Waals surface area (Å²) < 4.78 is 22.0. The number of allylic oxidation sites excluding steroid dienone is 2. The zero-order valence-corrected chi connectivity index (χ0v) is 8.40. The lowest BCUT2D eigenvalue weighted by atomic mass is 10.5. The largest absolute Gasteiger partial charge is 0.258 e. The Morgan fingerprint density at radius 3 is 2.45 bits per heavy atom. The summed E-state index contributed by atoms with van der Waals surface area (Å²) in [6, 6.07) is 0. The quantitative estimate of drug-likeness (QED) is 0.649. The summed E-state index contributed by atoms with van der Waals surface area (Å²) in [4.78, 5) is 0.202. The molecule has 0 atom stereocenters. The molecule has 0 spiro atoms. The highest BCUT2D eigenvalue weighted by Gasteiger charge is 2.16. The molecule has 11 heavy (non-hydrogen) atoms. The Labute approximate surface area is 78.7 Å². The second-order valence-electron chi connectivity index (χ2n) is 1.83. The summed E-state index contributed by atoms with van der Waals surface area (Å²) >= 11 is 6.82. The van der Waals surface area contributed by atoms with Gasteiger partial charge in [0, 0.05) is 16.4 Å². The molecule has 62 valence electrons. The molecule has 0 aromatic rings. The van der Waals surface area contributed by atoms with Crippen molar-refractivity contribution in [2.45, 2.75) is 0 Å². The SMILES string of the molecule is O=S(=O)(Cl)C1=CC=C(Cl)SC1. The van der Waals surface area contributed by atoms with Gasteiger partial charge in [-0.1, -0.05) is 11.6 Å². The Hall–Kier alpha value is 0.360.